The molecule has 0 N–H and O–H groups in total. The summed E-state index contributed by atoms with van der Waals surface area (Å²) < 4.78 is 52.4. The highest BCUT2D eigenvalue weighted by Gasteiger charge is 2.15. The lowest BCUT2D eigenvalue weighted by molar-refractivity contribution is 0.300. The topological polar surface area (TPSA) is 18.5 Å². The number of benzene rings is 3. The Bertz CT molecular complexity index is 892. The Kier molecular flexibility index (Phi) is 5.46. The molecule has 0 heterocycles. The summed E-state index contributed by atoms with van der Waals surface area (Å²) in [6.07, 6.45) is 0. The molecule has 0 aromatic heterocycles. The summed E-state index contributed by atoms with van der Waals surface area (Å²) in [4.78, 5) is 0. The molecule has 3 aromatic carbocycles. The first kappa shape index (κ1) is 17.9. The van der Waals surface area contributed by atoms with Crippen LogP contribution < -0.4 is 9.47 Å². The Morgan fingerprint density at radius 3 is 2.19 bits per heavy atom. The molecule has 0 aliphatic heterocycles. The SMILES string of the molecule is CCOc1ccc(-c2ccc(OCc3ccccc3F)cc2)c(F)c1F. The Morgan fingerprint density at radius 1 is 0.769 bits per heavy atom. The van der Waals surface area contributed by atoms with Crippen molar-refractivity contribution in [2.24, 2.45) is 0 Å². The van der Waals surface area contributed by atoms with Crippen LogP contribution in [0.2, 0.25) is 0 Å². The maximum atomic E-state index is 14.3. The molecule has 0 saturated heterocycles. The summed E-state index contributed by atoms with van der Waals surface area (Å²) in [5, 5.41) is 0. The Balaban J connectivity index is 1.75. The fraction of sp³-hybridized carbons (Fsp3) is 0.143. The average molecular weight is 358 g/mol. The minimum Gasteiger partial charge on any atom is -0.491 e. The van der Waals surface area contributed by atoms with E-state index in [0.717, 1.165) is 0 Å². The third-order valence-electron chi connectivity index (χ3n) is 3.86. The second kappa shape index (κ2) is 7.95. The van der Waals surface area contributed by atoms with E-state index < -0.39 is 11.6 Å². The molecule has 134 valence electrons. The van der Waals surface area contributed by atoms with Crippen LogP contribution >= 0.6 is 0 Å². The molecular formula is C21H17F3O2. The van der Waals surface area contributed by atoms with Gasteiger partial charge >= 0.3 is 0 Å². The standard InChI is InChI=1S/C21H17F3O2/c1-2-25-19-12-11-17(20(23)21(19)24)14-7-9-16(10-8-14)26-13-15-5-3-4-6-18(15)22/h3-12H,2,13H2,1H3. The minimum absolute atomic E-state index is 0.0814. The van der Waals surface area contributed by atoms with Crippen LogP contribution in [-0.2, 0) is 6.61 Å². The number of hydrogen-bond donors (Lipinski definition) is 0. The van der Waals surface area contributed by atoms with Gasteiger partial charge in [0.05, 0.1) is 6.61 Å². The molecule has 3 rings (SSSR count). The van der Waals surface area contributed by atoms with Gasteiger partial charge in [0, 0.05) is 11.1 Å². The summed E-state index contributed by atoms with van der Waals surface area (Å²) in [5.41, 5.74) is 1.07. The van der Waals surface area contributed by atoms with Gasteiger partial charge in [0.25, 0.3) is 0 Å². The maximum absolute atomic E-state index is 14.3. The highest BCUT2D eigenvalue weighted by molar-refractivity contribution is 5.66. The van der Waals surface area contributed by atoms with Gasteiger partial charge in [0.1, 0.15) is 18.2 Å². The third kappa shape index (κ3) is 3.82. The summed E-state index contributed by atoms with van der Waals surface area (Å²) in [7, 11) is 0. The molecule has 0 fully saturated rings. The van der Waals surface area contributed by atoms with Gasteiger partial charge in [-0.25, -0.2) is 8.78 Å². The van der Waals surface area contributed by atoms with Gasteiger partial charge in [-0.15, -0.1) is 0 Å². The summed E-state index contributed by atoms with van der Waals surface area (Å²) >= 11 is 0. The molecule has 0 aliphatic carbocycles. The van der Waals surface area contributed by atoms with Crippen molar-refractivity contribution in [1.29, 1.82) is 0 Å². The number of halogens is 3. The molecule has 3 aromatic rings. The summed E-state index contributed by atoms with van der Waals surface area (Å²) in [6.45, 7) is 2.03. The van der Waals surface area contributed by atoms with E-state index in [9.17, 15) is 13.2 Å². The maximum Gasteiger partial charge on any atom is 0.201 e. The quantitative estimate of drug-likeness (QED) is 0.559. The lowest BCUT2D eigenvalue weighted by Crippen LogP contribution is -1.99. The Morgan fingerprint density at radius 2 is 1.50 bits per heavy atom. The molecule has 0 radical (unpaired) electrons. The van der Waals surface area contributed by atoms with Crippen LogP contribution in [-0.4, -0.2) is 6.61 Å². The third-order valence-corrected chi connectivity index (χ3v) is 3.86. The van der Waals surface area contributed by atoms with E-state index in [1.807, 2.05) is 0 Å². The van der Waals surface area contributed by atoms with Crippen molar-refractivity contribution in [3.05, 3.63) is 83.7 Å². The molecule has 0 atom stereocenters. The van der Waals surface area contributed by atoms with Gasteiger partial charge in [0.2, 0.25) is 5.82 Å². The van der Waals surface area contributed by atoms with Gasteiger partial charge < -0.3 is 9.47 Å². The molecule has 0 saturated carbocycles. The Labute approximate surface area is 149 Å². The molecule has 0 aliphatic rings. The van der Waals surface area contributed by atoms with Crippen LogP contribution in [0.1, 0.15) is 12.5 Å². The number of hydrogen-bond acceptors (Lipinski definition) is 2. The van der Waals surface area contributed by atoms with E-state index in [-0.39, 0.29) is 30.3 Å². The monoisotopic (exact) mass is 358 g/mol. The van der Waals surface area contributed by atoms with Crippen molar-refractivity contribution < 1.29 is 22.6 Å². The predicted molar refractivity (Wildman–Crippen MR) is 93.7 cm³/mol. The molecular weight excluding hydrogens is 341 g/mol. The van der Waals surface area contributed by atoms with Crippen molar-refractivity contribution in [2.45, 2.75) is 13.5 Å². The van der Waals surface area contributed by atoms with Crippen LogP contribution in [0, 0.1) is 17.5 Å². The highest BCUT2D eigenvalue weighted by Crippen LogP contribution is 2.31. The van der Waals surface area contributed by atoms with Gasteiger partial charge in [-0.1, -0.05) is 30.3 Å². The zero-order chi connectivity index (χ0) is 18.5. The van der Waals surface area contributed by atoms with Crippen LogP contribution in [0.4, 0.5) is 13.2 Å². The van der Waals surface area contributed by atoms with E-state index in [1.54, 1.807) is 49.4 Å². The van der Waals surface area contributed by atoms with Crippen molar-refractivity contribution in [1.82, 2.24) is 0 Å². The van der Waals surface area contributed by atoms with Gasteiger partial charge in [-0.2, -0.15) is 4.39 Å². The molecule has 5 heteroatoms. The average Bonchev–Trinajstić information content (AvgIpc) is 2.66. The lowest BCUT2D eigenvalue weighted by Gasteiger charge is -2.10. The molecule has 26 heavy (non-hydrogen) atoms. The largest absolute Gasteiger partial charge is 0.491 e. The summed E-state index contributed by atoms with van der Waals surface area (Å²) in [5.74, 6) is -1.92. The second-order valence-electron chi connectivity index (χ2n) is 5.58. The van der Waals surface area contributed by atoms with Crippen molar-refractivity contribution in [2.75, 3.05) is 6.61 Å². The molecule has 2 nitrogen and oxygen atoms in total. The summed E-state index contributed by atoms with van der Waals surface area (Å²) in [6, 6.07) is 15.7. The fourth-order valence-electron chi connectivity index (χ4n) is 2.53. The first-order valence-corrected chi connectivity index (χ1v) is 8.17. The number of rotatable bonds is 6. The van der Waals surface area contributed by atoms with Crippen molar-refractivity contribution in [3.63, 3.8) is 0 Å². The second-order valence-corrected chi connectivity index (χ2v) is 5.58. The van der Waals surface area contributed by atoms with Crippen LogP contribution in [0.3, 0.4) is 0 Å². The van der Waals surface area contributed by atoms with Gasteiger partial charge in [0.15, 0.2) is 11.6 Å². The highest BCUT2D eigenvalue weighted by atomic mass is 19.2. The normalized spacial score (nSPS) is 10.6. The van der Waals surface area contributed by atoms with Crippen molar-refractivity contribution in [3.8, 4) is 22.6 Å². The predicted octanol–water partition coefficient (Wildman–Crippen LogP) is 5.75. The van der Waals surface area contributed by atoms with Gasteiger partial charge in [-0.3, -0.25) is 0 Å². The van der Waals surface area contributed by atoms with E-state index >= 15 is 0 Å². The minimum atomic E-state index is -1.01. The van der Waals surface area contributed by atoms with Crippen molar-refractivity contribution >= 4 is 0 Å². The number of ether oxygens (including phenoxy) is 2. The first-order valence-electron chi connectivity index (χ1n) is 8.17. The van der Waals surface area contributed by atoms with E-state index in [1.165, 1.54) is 18.2 Å². The fourth-order valence-corrected chi connectivity index (χ4v) is 2.53. The zero-order valence-corrected chi connectivity index (χ0v) is 14.1. The Hall–Kier alpha value is -2.95. The van der Waals surface area contributed by atoms with E-state index in [2.05, 4.69) is 0 Å². The smallest absolute Gasteiger partial charge is 0.201 e. The molecule has 0 bridgehead atoms. The zero-order valence-electron chi connectivity index (χ0n) is 14.1. The van der Waals surface area contributed by atoms with Crippen LogP contribution in [0.15, 0.2) is 60.7 Å². The van der Waals surface area contributed by atoms with Gasteiger partial charge in [-0.05, 0) is 42.8 Å². The van der Waals surface area contributed by atoms with E-state index in [0.29, 0.717) is 16.9 Å². The first-order chi connectivity index (χ1) is 12.6. The lowest BCUT2D eigenvalue weighted by atomic mass is 10.0. The van der Waals surface area contributed by atoms with E-state index in [4.69, 9.17) is 9.47 Å². The molecule has 0 spiro atoms. The molecule has 0 unspecified atom stereocenters. The van der Waals surface area contributed by atoms with Crippen LogP contribution in [0.5, 0.6) is 11.5 Å². The van der Waals surface area contributed by atoms with Crippen LogP contribution in [0.25, 0.3) is 11.1 Å². The molecule has 0 amide bonds.